The van der Waals surface area contributed by atoms with Crippen molar-refractivity contribution in [2.45, 2.75) is 143 Å². The fourth-order valence-corrected chi connectivity index (χ4v) is 6.18. The van der Waals surface area contributed by atoms with E-state index in [1.165, 1.54) is 0 Å². The normalized spacial score (nSPS) is 49.6. The molecule has 3 aliphatic heterocycles. The molecule has 0 aromatic rings. The van der Waals surface area contributed by atoms with Crippen molar-refractivity contribution in [1.82, 2.24) is 0 Å². The van der Waals surface area contributed by atoms with Gasteiger partial charge in [0.25, 0.3) is 0 Å². The van der Waals surface area contributed by atoms with Crippen LogP contribution in [-0.2, 0) is 23.7 Å². The van der Waals surface area contributed by atoms with E-state index in [1.54, 1.807) is 6.92 Å². The molecular weight excluding hydrogens is 890 g/mol. The Hall–Kier alpha value is 2.60. The maximum atomic E-state index is 10.8. The number of hydrogen-bond acceptors (Lipinski definition) is 7. The molecular formula is C27H50Ac2O7. The zero-order valence-corrected chi connectivity index (χ0v) is 33.4. The Bertz CT molecular complexity index is 639. The number of rotatable bonds is 7. The molecule has 9 heteroatoms. The SMILES string of the molecule is CCC1OC(OC2C(C)C(CC)OC(OC3C(CC)OC(C)C(O)C3O)C2C)C(C)C(C)C1C.[Ac].[Ac]. The van der Waals surface area contributed by atoms with Crippen LogP contribution in [0, 0.1) is 118 Å². The standard InChI is InChI=1S/C27H50O7.2Ac/c1-10-19-14(5)13(4)15(6)26(31-19)33-24-16(7)20(11-2)32-27(17(24)8)34-25-21(12-3)30-18(9)22(28)23(25)29;;/h13-29H,10-12H2,1-9H3;;. The van der Waals surface area contributed by atoms with Crippen molar-refractivity contribution >= 4 is 0 Å². The van der Waals surface area contributed by atoms with Gasteiger partial charge < -0.3 is 33.9 Å². The van der Waals surface area contributed by atoms with Crippen molar-refractivity contribution < 1.29 is 122 Å². The number of aliphatic hydroxyl groups excluding tert-OH is 2. The molecule has 3 saturated heterocycles. The van der Waals surface area contributed by atoms with E-state index in [0.717, 1.165) is 12.8 Å². The summed E-state index contributed by atoms with van der Waals surface area (Å²) in [6.45, 7) is 19.1. The Morgan fingerprint density at radius 3 is 1.53 bits per heavy atom. The molecule has 15 atom stereocenters. The molecule has 3 aliphatic rings. The molecule has 0 bridgehead atoms. The quantitative estimate of drug-likeness (QED) is 0.398. The Morgan fingerprint density at radius 2 is 1.00 bits per heavy atom. The van der Waals surface area contributed by atoms with Crippen molar-refractivity contribution in [1.29, 1.82) is 0 Å². The van der Waals surface area contributed by atoms with Crippen LogP contribution < -0.4 is 0 Å². The minimum Gasteiger partial charge on any atom is -0.388 e. The summed E-state index contributed by atoms with van der Waals surface area (Å²) in [4.78, 5) is 0. The van der Waals surface area contributed by atoms with Gasteiger partial charge in [-0.05, 0) is 38.0 Å². The monoisotopic (exact) mass is 940 g/mol. The molecule has 36 heavy (non-hydrogen) atoms. The number of ether oxygens (including phenoxy) is 5. The van der Waals surface area contributed by atoms with E-state index in [1.807, 2.05) is 6.92 Å². The van der Waals surface area contributed by atoms with Crippen molar-refractivity contribution in [3.8, 4) is 0 Å². The second-order valence-electron chi connectivity index (χ2n) is 11.2. The van der Waals surface area contributed by atoms with Crippen molar-refractivity contribution in [3.05, 3.63) is 0 Å². The molecule has 0 saturated carbocycles. The molecule has 0 amide bonds. The van der Waals surface area contributed by atoms with Gasteiger partial charge in [-0.3, -0.25) is 0 Å². The van der Waals surface area contributed by atoms with E-state index < -0.39 is 30.7 Å². The van der Waals surface area contributed by atoms with Crippen LogP contribution in [0.15, 0.2) is 0 Å². The topological polar surface area (TPSA) is 86.6 Å². The molecule has 3 heterocycles. The van der Waals surface area contributed by atoms with Gasteiger partial charge >= 0.3 is 0 Å². The first kappa shape index (κ1) is 36.6. The molecule has 0 spiro atoms. The minimum absolute atomic E-state index is 0. The van der Waals surface area contributed by atoms with Crippen molar-refractivity contribution in [2.75, 3.05) is 0 Å². The van der Waals surface area contributed by atoms with Crippen LogP contribution in [0.5, 0.6) is 0 Å². The van der Waals surface area contributed by atoms with E-state index >= 15 is 0 Å². The second kappa shape index (κ2) is 16.3. The largest absolute Gasteiger partial charge is 0.388 e. The van der Waals surface area contributed by atoms with Crippen LogP contribution in [0.1, 0.15) is 81.6 Å². The third-order valence-corrected chi connectivity index (χ3v) is 9.06. The van der Waals surface area contributed by atoms with Crippen LogP contribution in [0.3, 0.4) is 0 Å². The Morgan fingerprint density at radius 1 is 0.528 bits per heavy atom. The van der Waals surface area contributed by atoms with Crippen LogP contribution in [-0.4, -0.2) is 71.6 Å². The van der Waals surface area contributed by atoms with Gasteiger partial charge in [0, 0.05) is 106 Å². The van der Waals surface area contributed by atoms with E-state index in [4.69, 9.17) is 23.7 Å². The molecule has 2 N–H and O–H groups in total. The van der Waals surface area contributed by atoms with Gasteiger partial charge in [-0.25, -0.2) is 0 Å². The Kier molecular flexibility index (Phi) is 16.6. The summed E-state index contributed by atoms with van der Waals surface area (Å²) < 4.78 is 32.0. The zero-order chi connectivity index (χ0) is 25.3. The van der Waals surface area contributed by atoms with Gasteiger partial charge in [0.15, 0.2) is 12.6 Å². The van der Waals surface area contributed by atoms with Crippen LogP contribution >= 0.6 is 0 Å². The first-order valence-corrected chi connectivity index (χ1v) is 13.7. The molecule has 15 unspecified atom stereocenters. The molecule has 0 aliphatic carbocycles. The van der Waals surface area contributed by atoms with Crippen LogP contribution in [0.25, 0.3) is 0 Å². The molecule has 0 aromatic carbocycles. The van der Waals surface area contributed by atoms with Gasteiger partial charge in [-0.15, -0.1) is 0 Å². The molecule has 206 valence electrons. The fraction of sp³-hybridized carbons (Fsp3) is 1.00. The van der Waals surface area contributed by atoms with Gasteiger partial charge in [0.2, 0.25) is 0 Å². The van der Waals surface area contributed by atoms with Crippen LogP contribution in [0.2, 0.25) is 0 Å². The Balaban J connectivity index is 0.00000324. The molecule has 3 rings (SSSR count). The van der Waals surface area contributed by atoms with E-state index in [2.05, 4.69) is 48.5 Å². The summed E-state index contributed by atoms with van der Waals surface area (Å²) in [5.41, 5.74) is 0. The first-order valence-electron chi connectivity index (χ1n) is 13.7. The Labute approximate surface area is 290 Å². The summed E-state index contributed by atoms with van der Waals surface area (Å²) in [6.07, 6.45) is -1.74. The maximum absolute atomic E-state index is 10.8. The van der Waals surface area contributed by atoms with Crippen LogP contribution in [0.4, 0.5) is 0 Å². The van der Waals surface area contributed by atoms with E-state index in [9.17, 15) is 10.2 Å². The molecule has 2 radical (unpaired) electrons. The summed E-state index contributed by atoms with van der Waals surface area (Å²) in [5.74, 6) is 1.38. The summed E-state index contributed by atoms with van der Waals surface area (Å²) >= 11 is 0. The molecule has 0 aromatic heterocycles. The molecule has 3 fully saturated rings. The van der Waals surface area contributed by atoms with E-state index in [-0.39, 0.29) is 137 Å². The van der Waals surface area contributed by atoms with Crippen molar-refractivity contribution in [3.63, 3.8) is 0 Å². The van der Waals surface area contributed by atoms with Gasteiger partial charge in [0.1, 0.15) is 18.3 Å². The first-order chi connectivity index (χ1) is 16.0. The number of aliphatic hydroxyl groups is 2. The van der Waals surface area contributed by atoms with Gasteiger partial charge in [-0.1, -0.05) is 55.4 Å². The number of hydrogen-bond donors (Lipinski definition) is 2. The zero-order valence-electron chi connectivity index (χ0n) is 23.9. The summed E-state index contributed by atoms with van der Waals surface area (Å²) in [6, 6.07) is 0. The molecule has 7 nitrogen and oxygen atoms in total. The van der Waals surface area contributed by atoms with E-state index in [0.29, 0.717) is 18.3 Å². The average Bonchev–Trinajstić information content (AvgIpc) is 2.83. The summed E-state index contributed by atoms with van der Waals surface area (Å²) in [5, 5.41) is 21.2. The van der Waals surface area contributed by atoms with Gasteiger partial charge in [-0.2, -0.15) is 0 Å². The van der Waals surface area contributed by atoms with Crippen molar-refractivity contribution in [2.24, 2.45) is 29.6 Å². The maximum Gasteiger partial charge on any atom is 0.163 e. The second-order valence-corrected chi connectivity index (χ2v) is 11.2. The minimum atomic E-state index is -1.03. The third-order valence-electron chi connectivity index (χ3n) is 9.06. The predicted molar refractivity (Wildman–Crippen MR) is 130 cm³/mol. The fourth-order valence-electron chi connectivity index (χ4n) is 6.18. The summed E-state index contributed by atoms with van der Waals surface area (Å²) in [7, 11) is 0. The third kappa shape index (κ3) is 7.91. The smallest absolute Gasteiger partial charge is 0.163 e. The van der Waals surface area contributed by atoms with Gasteiger partial charge in [0.05, 0.1) is 30.5 Å². The predicted octanol–water partition coefficient (Wildman–Crippen LogP) is 4.13. The average molecular weight is 941 g/mol.